The van der Waals surface area contributed by atoms with Crippen molar-refractivity contribution < 1.29 is 23.8 Å². The van der Waals surface area contributed by atoms with Crippen molar-refractivity contribution in [3.05, 3.63) is 65.7 Å². The molecule has 1 aliphatic rings. The van der Waals surface area contributed by atoms with Crippen molar-refractivity contribution in [3.63, 3.8) is 0 Å². The van der Waals surface area contributed by atoms with Gasteiger partial charge in [-0.05, 0) is 49.1 Å². The summed E-state index contributed by atoms with van der Waals surface area (Å²) in [4.78, 5) is 23.7. The van der Waals surface area contributed by atoms with Gasteiger partial charge in [0, 0.05) is 0 Å². The quantitative estimate of drug-likeness (QED) is 0.739. The minimum absolute atomic E-state index is 0.00465. The van der Waals surface area contributed by atoms with Gasteiger partial charge in [-0.1, -0.05) is 30.3 Å². The van der Waals surface area contributed by atoms with Gasteiger partial charge in [0.2, 0.25) is 0 Å². The second kappa shape index (κ2) is 8.52. The molecule has 1 fully saturated rings. The Bertz CT molecular complexity index is 739. The summed E-state index contributed by atoms with van der Waals surface area (Å²) in [6.07, 6.45) is 2.25. The summed E-state index contributed by atoms with van der Waals surface area (Å²) in [5.41, 5.74) is 1.43. The number of ether oxygens (including phenoxy) is 3. The second-order valence-electron chi connectivity index (χ2n) is 6.36. The molecule has 1 aliphatic carbocycles. The molecule has 2 aromatic rings. The monoisotopic (exact) mass is 354 g/mol. The average molecular weight is 354 g/mol. The van der Waals surface area contributed by atoms with E-state index in [0.29, 0.717) is 17.7 Å². The van der Waals surface area contributed by atoms with E-state index in [9.17, 15) is 9.59 Å². The first-order valence-corrected chi connectivity index (χ1v) is 8.71. The molecule has 0 saturated heterocycles. The summed E-state index contributed by atoms with van der Waals surface area (Å²) in [6.45, 7) is 0.245. The largest absolute Gasteiger partial charge is 0.490 e. The van der Waals surface area contributed by atoms with Gasteiger partial charge in [0.15, 0.2) is 0 Å². The Hall–Kier alpha value is -2.82. The smallest absolute Gasteiger partial charge is 0.338 e. The first kappa shape index (κ1) is 18.0. The number of hydrogen-bond acceptors (Lipinski definition) is 5. The lowest BCUT2D eigenvalue weighted by Gasteiger charge is -2.14. The highest BCUT2D eigenvalue weighted by Gasteiger charge is 2.31. The molecule has 0 radical (unpaired) electrons. The summed E-state index contributed by atoms with van der Waals surface area (Å²) < 4.78 is 16.0. The number of benzene rings is 2. The van der Waals surface area contributed by atoms with E-state index in [-0.39, 0.29) is 30.6 Å². The Kier molecular flexibility index (Phi) is 5.89. The van der Waals surface area contributed by atoms with Crippen LogP contribution in [0.1, 0.15) is 35.2 Å². The topological polar surface area (TPSA) is 61.8 Å². The van der Waals surface area contributed by atoms with E-state index >= 15 is 0 Å². The molecule has 2 atom stereocenters. The van der Waals surface area contributed by atoms with Crippen LogP contribution in [0.3, 0.4) is 0 Å². The van der Waals surface area contributed by atoms with Crippen molar-refractivity contribution in [1.82, 2.24) is 0 Å². The van der Waals surface area contributed by atoms with Gasteiger partial charge in [-0.2, -0.15) is 0 Å². The predicted octanol–water partition coefficient (Wildman–Crippen LogP) is 3.76. The van der Waals surface area contributed by atoms with Crippen LogP contribution in [-0.4, -0.2) is 25.2 Å². The fourth-order valence-electron chi connectivity index (χ4n) is 3.10. The third kappa shape index (κ3) is 4.63. The van der Waals surface area contributed by atoms with Gasteiger partial charge in [-0.3, -0.25) is 4.79 Å². The zero-order valence-electron chi connectivity index (χ0n) is 14.7. The van der Waals surface area contributed by atoms with E-state index in [0.717, 1.165) is 18.4 Å². The molecule has 0 unspecified atom stereocenters. The molecular weight excluding hydrogens is 332 g/mol. The Morgan fingerprint density at radius 2 is 1.73 bits per heavy atom. The van der Waals surface area contributed by atoms with Gasteiger partial charge < -0.3 is 14.2 Å². The zero-order valence-corrected chi connectivity index (χ0v) is 14.7. The molecule has 26 heavy (non-hydrogen) atoms. The minimum atomic E-state index is -0.368. The fourth-order valence-corrected chi connectivity index (χ4v) is 3.10. The lowest BCUT2D eigenvalue weighted by Crippen LogP contribution is -2.17. The van der Waals surface area contributed by atoms with E-state index < -0.39 is 0 Å². The Morgan fingerprint density at radius 3 is 2.42 bits per heavy atom. The maximum absolute atomic E-state index is 12.1. The lowest BCUT2D eigenvalue weighted by molar-refractivity contribution is -0.145. The van der Waals surface area contributed by atoms with Crippen LogP contribution in [0.5, 0.6) is 5.75 Å². The van der Waals surface area contributed by atoms with Gasteiger partial charge in [-0.15, -0.1) is 0 Å². The third-order valence-electron chi connectivity index (χ3n) is 4.52. The average Bonchev–Trinajstić information content (AvgIpc) is 3.15. The van der Waals surface area contributed by atoms with Crippen molar-refractivity contribution in [3.8, 4) is 5.75 Å². The summed E-state index contributed by atoms with van der Waals surface area (Å²) >= 11 is 0. The molecular formula is C21H22O5. The minimum Gasteiger partial charge on any atom is -0.490 e. The summed E-state index contributed by atoms with van der Waals surface area (Å²) in [5, 5.41) is 0. The third-order valence-corrected chi connectivity index (χ3v) is 4.52. The first-order chi connectivity index (χ1) is 12.7. The van der Waals surface area contributed by atoms with Crippen LogP contribution >= 0.6 is 0 Å². The van der Waals surface area contributed by atoms with Gasteiger partial charge >= 0.3 is 11.9 Å². The highest BCUT2D eigenvalue weighted by molar-refractivity contribution is 5.89. The molecule has 5 nitrogen and oxygen atoms in total. The lowest BCUT2D eigenvalue weighted by atomic mass is 10.1. The van der Waals surface area contributed by atoms with Gasteiger partial charge in [0.05, 0.1) is 24.7 Å². The van der Waals surface area contributed by atoms with Crippen molar-refractivity contribution in [2.75, 3.05) is 7.11 Å². The molecule has 0 aromatic heterocycles. The van der Waals surface area contributed by atoms with E-state index in [1.54, 1.807) is 24.3 Å². The summed E-state index contributed by atoms with van der Waals surface area (Å²) in [5.74, 6) is 0.0528. The van der Waals surface area contributed by atoms with Crippen LogP contribution in [0.4, 0.5) is 0 Å². The van der Waals surface area contributed by atoms with Crippen LogP contribution in [-0.2, 0) is 20.9 Å². The number of hydrogen-bond donors (Lipinski definition) is 0. The highest BCUT2D eigenvalue weighted by atomic mass is 16.5. The summed E-state index contributed by atoms with van der Waals surface area (Å²) in [6, 6.07) is 16.4. The summed E-state index contributed by atoms with van der Waals surface area (Å²) in [7, 11) is 1.41. The maximum atomic E-state index is 12.1. The molecule has 2 aromatic carbocycles. The van der Waals surface area contributed by atoms with Crippen molar-refractivity contribution >= 4 is 11.9 Å². The van der Waals surface area contributed by atoms with Crippen molar-refractivity contribution in [2.24, 2.45) is 5.92 Å². The van der Waals surface area contributed by atoms with Crippen molar-refractivity contribution in [2.45, 2.75) is 32.0 Å². The molecule has 0 amide bonds. The Balaban J connectivity index is 1.50. The molecule has 5 heteroatoms. The Labute approximate surface area is 152 Å². The van der Waals surface area contributed by atoms with E-state index in [1.165, 1.54) is 7.11 Å². The number of carbonyl (C=O) groups is 2. The normalized spacial score (nSPS) is 19.0. The molecule has 3 rings (SSSR count). The predicted molar refractivity (Wildman–Crippen MR) is 95.8 cm³/mol. The van der Waals surface area contributed by atoms with Crippen LogP contribution < -0.4 is 4.74 Å². The van der Waals surface area contributed by atoms with Crippen LogP contribution in [0, 0.1) is 5.92 Å². The van der Waals surface area contributed by atoms with Gasteiger partial charge in [0.25, 0.3) is 0 Å². The number of methoxy groups -OCH3 is 1. The van der Waals surface area contributed by atoms with Crippen molar-refractivity contribution in [1.29, 1.82) is 0 Å². The number of rotatable bonds is 6. The molecule has 136 valence electrons. The van der Waals surface area contributed by atoms with Crippen LogP contribution in [0.15, 0.2) is 54.6 Å². The van der Waals surface area contributed by atoms with Crippen LogP contribution in [0.2, 0.25) is 0 Å². The van der Waals surface area contributed by atoms with E-state index in [4.69, 9.17) is 14.2 Å². The standard InChI is InChI=1S/C21H22O5/c1-24-20(22)17-9-12-19(13-17)26-18-10-7-16(8-11-18)21(23)25-14-15-5-3-2-4-6-15/h2-8,10-11,17,19H,9,12-14H2,1H3/t17-,19-/m1/s1. The molecule has 0 N–H and O–H groups in total. The number of esters is 2. The SMILES string of the molecule is COC(=O)[C@@H]1CC[C@@H](Oc2ccc(C(=O)OCc3ccccc3)cc2)C1. The number of carbonyl (C=O) groups excluding carboxylic acids is 2. The van der Waals surface area contributed by atoms with Gasteiger partial charge in [-0.25, -0.2) is 4.79 Å². The fraction of sp³-hybridized carbons (Fsp3) is 0.333. The maximum Gasteiger partial charge on any atom is 0.338 e. The zero-order chi connectivity index (χ0) is 18.4. The Morgan fingerprint density at radius 1 is 1.00 bits per heavy atom. The van der Waals surface area contributed by atoms with Gasteiger partial charge in [0.1, 0.15) is 12.4 Å². The first-order valence-electron chi connectivity index (χ1n) is 8.71. The van der Waals surface area contributed by atoms with E-state index in [1.807, 2.05) is 30.3 Å². The van der Waals surface area contributed by atoms with Crippen LogP contribution in [0.25, 0.3) is 0 Å². The second-order valence-corrected chi connectivity index (χ2v) is 6.36. The highest BCUT2D eigenvalue weighted by Crippen LogP contribution is 2.30. The molecule has 0 heterocycles. The molecule has 0 bridgehead atoms. The molecule has 0 spiro atoms. The molecule has 0 aliphatic heterocycles. The van der Waals surface area contributed by atoms with E-state index in [2.05, 4.69) is 0 Å². The molecule has 1 saturated carbocycles.